The number of rotatable bonds is 6. The Morgan fingerprint density at radius 1 is 1.24 bits per heavy atom. The molecule has 0 aromatic heterocycles. The molecule has 1 rings (SSSR count). The van der Waals surface area contributed by atoms with Crippen LogP contribution in [0.5, 0.6) is 0 Å². The number of aliphatic hydroxyl groups excluding tert-OH is 1. The first-order valence-electron chi connectivity index (χ1n) is 6.54. The highest BCUT2D eigenvalue weighted by Gasteiger charge is 2.28. The second-order valence-corrected chi connectivity index (χ2v) is 5.35. The van der Waals surface area contributed by atoms with Gasteiger partial charge in [-0.1, -0.05) is 20.3 Å². The molecule has 0 spiro atoms. The number of ether oxygens (including phenoxy) is 1. The van der Waals surface area contributed by atoms with E-state index in [1.54, 1.807) is 0 Å². The van der Waals surface area contributed by atoms with Crippen molar-refractivity contribution in [3.63, 3.8) is 0 Å². The van der Waals surface area contributed by atoms with Gasteiger partial charge in [0.05, 0.1) is 6.10 Å². The van der Waals surface area contributed by atoms with Gasteiger partial charge in [0.25, 0.3) is 6.43 Å². The molecule has 17 heavy (non-hydrogen) atoms. The molecule has 2 nitrogen and oxygen atoms in total. The van der Waals surface area contributed by atoms with Gasteiger partial charge in [-0.25, -0.2) is 8.78 Å². The average molecular weight is 250 g/mol. The Hall–Kier alpha value is -0.220. The van der Waals surface area contributed by atoms with Gasteiger partial charge in [0.2, 0.25) is 0 Å². The molecule has 1 aliphatic carbocycles. The van der Waals surface area contributed by atoms with Gasteiger partial charge in [-0.3, -0.25) is 0 Å². The van der Waals surface area contributed by atoms with Crippen LogP contribution in [0.15, 0.2) is 0 Å². The summed E-state index contributed by atoms with van der Waals surface area (Å²) in [4.78, 5) is 0. The standard InChI is InChI=1S/C13H24F2O2/c1-9-3-4-11(7-10(9)2)12(16)5-6-17-8-13(14)15/h9-13,16H,3-8H2,1-2H3. The molecule has 1 fully saturated rings. The summed E-state index contributed by atoms with van der Waals surface area (Å²) in [5, 5.41) is 9.98. The minimum atomic E-state index is -2.41. The highest BCUT2D eigenvalue weighted by molar-refractivity contribution is 4.79. The molecular weight excluding hydrogens is 226 g/mol. The first-order chi connectivity index (χ1) is 8.00. The molecule has 0 saturated heterocycles. The summed E-state index contributed by atoms with van der Waals surface area (Å²) in [6.07, 6.45) is 0.892. The van der Waals surface area contributed by atoms with E-state index in [-0.39, 0.29) is 6.61 Å². The van der Waals surface area contributed by atoms with Crippen LogP contribution >= 0.6 is 0 Å². The average Bonchev–Trinajstić information content (AvgIpc) is 2.27. The maximum atomic E-state index is 11.8. The molecule has 4 heteroatoms. The molecule has 4 atom stereocenters. The second-order valence-electron chi connectivity index (χ2n) is 5.35. The Kier molecular flexibility index (Phi) is 6.34. The molecule has 0 heterocycles. The third-order valence-electron chi connectivity index (χ3n) is 3.98. The number of halogens is 2. The van der Waals surface area contributed by atoms with Crippen molar-refractivity contribution in [2.75, 3.05) is 13.2 Å². The number of hydrogen-bond donors (Lipinski definition) is 1. The molecule has 0 aromatic carbocycles. The lowest BCUT2D eigenvalue weighted by molar-refractivity contribution is -0.0108. The lowest BCUT2D eigenvalue weighted by Crippen LogP contribution is -2.30. The molecule has 0 radical (unpaired) electrons. The van der Waals surface area contributed by atoms with Crippen LogP contribution in [0.3, 0.4) is 0 Å². The van der Waals surface area contributed by atoms with Crippen molar-refractivity contribution in [3.05, 3.63) is 0 Å². The molecule has 0 bridgehead atoms. The Bertz CT molecular complexity index is 212. The lowest BCUT2D eigenvalue weighted by Gasteiger charge is -2.34. The quantitative estimate of drug-likeness (QED) is 0.734. The van der Waals surface area contributed by atoms with Crippen molar-refractivity contribution in [1.29, 1.82) is 0 Å². The van der Waals surface area contributed by atoms with Gasteiger partial charge >= 0.3 is 0 Å². The zero-order valence-electron chi connectivity index (χ0n) is 10.7. The fourth-order valence-electron chi connectivity index (χ4n) is 2.55. The number of alkyl halides is 2. The topological polar surface area (TPSA) is 29.5 Å². The van der Waals surface area contributed by atoms with Crippen molar-refractivity contribution in [1.82, 2.24) is 0 Å². The zero-order chi connectivity index (χ0) is 12.8. The maximum absolute atomic E-state index is 11.8. The van der Waals surface area contributed by atoms with E-state index in [1.165, 1.54) is 0 Å². The third kappa shape index (κ3) is 5.30. The molecule has 0 amide bonds. The van der Waals surface area contributed by atoms with Crippen LogP contribution in [0.1, 0.15) is 39.5 Å². The zero-order valence-corrected chi connectivity index (χ0v) is 10.7. The maximum Gasteiger partial charge on any atom is 0.261 e. The summed E-state index contributed by atoms with van der Waals surface area (Å²) in [6, 6.07) is 0. The number of aliphatic hydroxyl groups is 1. The molecule has 0 aliphatic heterocycles. The van der Waals surface area contributed by atoms with Gasteiger partial charge < -0.3 is 9.84 Å². The predicted octanol–water partition coefficient (Wildman–Crippen LogP) is 3.09. The molecule has 4 unspecified atom stereocenters. The fraction of sp³-hybridized carbons (Fsp3) is 1.00. The van der Waals surface area contributed by atoms with E-state index in [2.05, 4.69) is 13.8 Å². The fourth-order valence-corrected chi connectivity index (χ4v) is 2.55. The van der Waals surface area contributed by atoms with Crippen molar-refractivity contribution in [2.24, 2.45) is 17.8 Å². The summed E-state index contributed by atoms with van der Waals surface area (Å²) in [7, 11) is 0. The van der Waals surface area contributed by atoms with E-state index in [4.69, 9.17) is 4.74 Å². The van der Waals surface area contributed by atoms with E-state index < -0.39 is 19.1 Å². The van der Waals surface area contributed by atoms with Gasteiger partial charge in [0, 0.05) is 6.61 Å². The SMILES string of the molecule is CC1CCC(C(O)CCOCC(F)F)CC1C. The van der Waals surface area contributed by atoms with Crippen molar-refractivity contribution < 1.29 is 18.6 Å². The van der Waals surface area contributed by atoms with Crippen LogP contribution in [-0.2, 0) is 4.74 Å². The normalized spacial score (nSPS) is 31.8. The summed E-state index contributed by atoms with van der Waals surface area (Å²) in [5.74, 6) is 1.69. The van der Waals surface area contributed by atoms with Gasteiger partial charge in [0.15, 0.2) is 0 Å². The van der Waals surface area contributed by atoms with E-state index in [9.17, 15) is 13.9 Å². The monoisotopic (exact) mass is 250 g/mol. The van der Waals surface area contributed by atoms with E-state index in [1.807, 2.05) is 0 Å². The predicted molar refractivity (Wildman–Crippen MR) is 63.1 cm³/mol. The van der Waals surface area contributed by atoms with Gasteiger partial charge in [-0.05, 0) is 37.0 Å². The van der Waals surface area contributed by atoms with Crippen LogP contribution in [0.2, 0.25) is 0 Å². The van der Waals surface area contributed by atoms with Crippen LogP contribution in [0.4, 0.5) is 8.78 Å². The van der Waals surface area contributed by atoms with Gasteiger partial charge in [-0.15, -0.1) is 0 Å². The van der Waals surface area contributed by atoms with Crippen molar-refractivity contribution >= 4 is 0 Å². The molecule has 0 aromatic rings. The Balaban J connectivity index is 2.17. The Labute approximate surface area is 102 Å². The highest BCUT2D eigenvalue weighted by Crippen LogP contribution is 2.35. The van der Waals surface area contributed by atoms with Crippen molar-refractivity contribution in [3.8, 4) is 0 Å². The van der Waals surface area contributed by atoms with E-state index in [0.717, 1.165) is 25.2 Å². The smallest absolute Gasteiger partial charge is 0.261 e. The highest BCUT2D eigenvalue weighted by atomic mass is 19.3. The molecule has 1 N–H and O–H groups in total. The second kappa shape index (κ2) is 7.27. The molecule has 1 aliphatic rings. The summed E-state index contributed by atoms with van der Waals surface area (Å²) >= 11 is 0. The molecule has 102 valence electrons. The molecule has 1 saturated carbocycles. The van der Waals surface area contributed by atoms with Gasteiger partial charge in [-0.2, -0.15) is 0 Å². The van der Waals surface area contributed by atoms with E-state index in [0.29, 0.717) is 18.3 Å². The largest absolute Gasteiger partial charge is 0.393 e. The first-order valence-corrected chi connectivity index (χ1v) is 6.54. The van der Waals surface area contributed by atoms with Crippen molar-refractivity contribution in [2.45, 2.75) is 52.1 Å². The summed E-state index contributed by atoms with van der Waals surface area (Å²) in [6.45, 7) is 4.17. The Morgan fingerprint density at radius 3 is 2.53 bits per heavy atom. The van der Waals surface area contributed by atoms with Crippen LogP contribution in [0.25, 0.3) is 0 Å². The van der Waals surface area contributed by atoms with E-state index >= 15 is 0 Å². The number of hydrogen-bond acceptors (Lipinski definition) is 2. The summed E-state index contributed by atoms with van der Waals surface area (Å²) in [5.41, 5.74) is 0. The minimum Gasteiger partial charge on any atom is -0.393 e. The minimum absolute atomic E-state index is 0.228. The first kappa shape index (κ1) is 14.8. The van der Waals surface area contributed by atoms with Crippen LogP contribution < -0.4 is 0 Å². The lowest BCUT2D eigenvalue weighted by atomic mass is 9.73. The Morgan fingerprint density at radius 2 is 1.94 bits per heavy atom. The van der Waals surface area contributed by atoms with Crippen LogP contribution in [-0.4, -0.2) is 30.8 Å². The summed E-state index contributed by atoms with van der Waals surface area (Å²) < 4.78 is 28.4. The van der Waals surface area contributed by atoms with Crippen LogP contribution in [0, 0.1) is 17.8 Å². The van der Waals surface area contributed by atoms with Gasteiger partial charge in [0.1, 0.15) is 6.61 Å². The third-order valence-corrected chi connectivity index (χ3v) is 3.98. The molecular formula is C13H24F2O2.